The average Bonchev–Trinajstić information content (AvgIpc) is 2.71. The van der Waals surface area contributed by atoms with E-state index in [4.69, 9.17) is 27.8 Å². The Morgan fingerprint density at radius 1 is 0.630 bits per heavy atom. The van der Waals surface area contributed by atoms with E-state index in [0.717, 1.165) is 10.4 Å². The van der Waals surface area contributed by atoms with Crippen molar-refractivity contribution in [3.05, 3.63) is 36.4 Å². The fourth-order valence-electron chi connectivity index (χ4n) is 3.20. The zero-order chi connectivity index (χ0) is 19.9. The molecule has 27 heavy (non-hydrogen) atoms. The van der Waals surface area contributed by atoms with Gasteiger partial charge in [0.05, 0.1) is 28.4 Å². The molecule has 6 nitrogen and oxygen atoms in total. The van der Waals surface area contributed by atoms with Crippen molar-refractivity contribution in [2.75, 3.05) is 41.7 Å². The summed E-state index contributed by atoms with van der Waals surface area (Å²) in [6.07, 6.45) is 0. The Hall–Kier alpha value is -2.22. The molecule has 0 bridgehead atoms. The van der Waals surface area contributed by atoms with Gasteiger partial charge in [0.15, 0.2) is 23.0 Å². The van der Waals surface area contributed by atoms with Crippen molar-refractivity contribution in [2.24, 2.45) is 0 Å². The van der Waals surface area contributed by atoms with E-state index in [-0.39, 0.29) is 0 Å². The molecule has 0 amide bonds. The first-order chi connectivity index (χ1) is 13.1. The predicted molar refractivity (Wildman–Crippen MR) is 107 cm³/mol. The zero-order valence-electron chi connectivity index (χ0n) is 16.8. The largest absolute Gasteiger partial charge is 0.493 e. The van der Waals surface area contributed by atoms with Gasteiger partial charge >= 0.3 is 8.56 Å². The standard InChI is InChI=1S/C20H28O6Si/c1-7-25-27(26-8-2,17-13-9-11-15(21-3)19(17)23-5)18-14-10-12-16(22-4)20(18)24-6/h9-14H,7-8H2,1-6H3. The van der Waals surface area contributed by atoms with E-state index < -0.39 is 8.56 Å². The van der Waals surface area contributed by atoms with Crippen molar-refractivity contribution >= 4 is 18.9 Å². The van der Waals surface area contributed by atoms with Crippen LogP contribution in [0.5, 0.6) is 23.0 Å². The first-order valence-corrected chi connectivity index (χ1v) is 10.7. The van der Waals surface area contributed by atoms with Crippen LogP contribution in [0, 0.1) is 0 Å². The Morgan fingerprint density at radius 2 is 1.04 bits per heavy atom. The van der Waals surface area contributed by atoms with Gasteiger partial charge in [-0.15, -0.1) is 0 Å². The van der Waals surface area contributed by atoms with E-state index in [9.17, 15) is 0 Å². The maximum Gasteiger partial charge on any atom is 0.414 e. The van der Waals surface area contributed by atoms with Crippen LogP contribution >= 0.6 is 0 Å². The van der Waals surface area contributed by atoms with Crippen LogP contribution in [0.2, 0.25) is 0 Å². The first-order valence-electron chi connectivity index (χ1n) is 8.84. The van der Waals surface area contributed by atoms with Gasteiger partial charge in [-0.2, -0.15) is 0 Å². The number of para-hydroxylation sites is 2. The van der Waals surface area contributed by atoms with Gasteiger partial charge in [0.2, 0.25) is 0 Å². The minimum atomic E-state index is -3.18. The summed E-state index contributed by atoms with van der Waals surface area (Å²) < 4.78 is 35.1. The van der Waals surface area contributed by atoms with Crippen LogP contribution in [0.15, 0.2) is 36.4 Å². The van der Waals surface area contributed by atoms with Crippen molar-refractivity contribution in [1.82, 2.24) is 0 Å². The van der Waals surface area contributed by atoms with Gasteiger partial charge in [0, 0.05) is 23.6 Å². The van der Waals surface area contributed by atoms with E-state index in [1.165, 1.54) is 0 Å². The summed E-state index contributed by atoms with van der Waals surface area (Å²) in [5, 5.41) is 1.64. The normalized spacial score (nSPS) is 11.2. The second-order valence-corrected chi connectivity index (χ2v) is 8.45. The molecule has 0 aliphatic rings. The lowest BCUT2D eigenvalue weighted by Crippen LogP contribution is -2.64. The van der Waals surface area contributed by atoms with Gasteiger partial charge in [0.25, 0.3) is 0 Å². The van der Waals surface area contributed by atoms with Crippen molar-refractivity contribution in [3.63, 3.8) is 0 Å². The Labute approximate surface area is 162 Å². The van der Waals surface area contributed by atoms with Crippen LogP contribution in [0.1, 0.15) is 13.8 Å². The van der Waals surface area contributed by atoms with Crippen LogP contribution in [0.3, 0.4) is 0 Å². The number of ether oxygens (including phenoxy) is 4. The molecule has 0 N–H and O–H groups in total. The second kappa shape index (κ2) is 9.64. The molecule has 0 heterocycles. The topological polar surface area (TPSA) is 55.4 Å². The number of rotatable bonds is 10. The summed E-state index contributed by atoms with van der Waals surface area (Å²) in [5.41, 5.74) is 0. The SMILES string of the molecule is CCO[Si](OCC)(c1cccc(OC)c1OC)c1cccc(OC)c1OC. The monoisotopic (exact) mass is 392 g/mol. The smallest absolute Gasteiger partial charge is 0.414 e. The van der Waals surface area contributed by atoms with Gasteiger partial charge in [0.1, 0.15) is 0 Å². The summed E-state index contributed by atoms with van der Waals surface area (Å²) in [6, 6.07) is 11.4. The molecule has 0 aliphatic carbocycles. The summed E-state index contributed by atoms with van der Waals surface area (Å²) in [5.74, 6) is 2.43. The number of hydrogen-bond donors (Lipinski definition) is 0. The molecule has 0 unspecified atom stereocenters. The second-order valence-electron chi connectivity index (χ2n) is 5.56. The fraction of sp³-hybridized carbons (Fsp3) is 0.400. The predicted octanol–water partition coefficient (Wildman–Crippen LogP) is 2.35. The molecule has 0 radical (unpaired) electrons. The Bertz CT molecular complexity index is 686. The lowest BCUT2D eigenvalue weighted by atomic mass is 10.3. The van der Waals surface area contributed by atoms with E-state index in [2.05, 4.69) is 0 Å². The van der Waals surface area contributed by atoms with Crippen LogP contribution in [-0.4, -0.2) is 50.2 Å². The van der Waals surface area contributed by atoms with Crippen LogP contribution in [0.25, 0.3) is 0 Å². The Balaban J connectivity index is 2.87. The van der Waals surface area contributed by atoms with Crippen molar-refractivity contribution < 1.29 is 27.8 Å². The molecule has 0 aromatic heterocycles. The van der Waals surface area contributed by atoms with Gasteiger partial charge in [-0.1, -0.05) is 24.3 Å². The van der Waals surface area contributed by atoms with E-state index in [1.807, 2.05) is 50.2 Å². The van der Waals surface area contributed by atoms with Crippen LogP contribution in [-0.2, 0) is 8.85 Å². The molecule has 0 saturated carbocycles. The van der Waals surface area contributed by atoms with E-state index in [0.29, 0.717) is 36.2 Å². The average molecular weight is 393 g/mol. The lowest BCUT2D eigenvalue weighted by molar-refractivity contribution is 0.206. The van der Waals surface area contributed by atoms with Crippen molar-refractivity contribution in [3.8, 4) is 23.0 Å². The van der Waals surface area contributed by atoms with Gasteiger partial charge in [-0.25, -0.2) is 0 Å². The van der Waals surface area contributed by atoms with Crippen molar-refractivity contribution in [2.45, 2.75) is 13.8 Å². The molecule has 0 spiro atoms. The quantitative estimate of drug-likeness (QED) is 0.579. The molecule has 7 heteroatoms. The highest BCUT2D eigenvalue weighted by molar-refractivity contribution is 6.93. The summed E-state index contributed by atoms with van der Waals surface area (Å²) in [4.78, 5) is 0. The fourth-order valence-corrected chi connectivity index (χ4v) is 6.69. The maximum atomic E-state index is 6.37. The van der Waals surface area contributed by atoms with Crippen molar-refractivity contribution in [1.29, 1.82) is 0 Å². The molecular weight excluding hydrogens is 364 g/mol. The molecule has 2 aromatic carbocycles. The van der Waals surface area contributed by atoms with Gasteiger partial charge in [-0.05, 0) is 26.0 Å². The molecule has 0 fully saturated rings. The molecular formula is C20H28O6Si. The number of methoxy groups -OCH3 is 4. The van der Waals surface area contributed by atoms with E-state index in [1.54, 1.807) is 28.4 Å². The molecule has 2 aromatic rings. The summed E-state index contributed by atoms with van der Waals surface area (Å²) in [7, 11) is 3.26. The van der Waals surface area contributed by atoms with Gasteiger partial charge in [-0.3, -0.25) is 0 Å². The number of benzene rings is 2. The lowest BCUT2D eigenvalue weighted by Gasteiger charge is -2.33. The number of hydrogen-bond acceptors (Lipinski definition) is 6. The third kappa shape index (κ3) is 3.90. The molecule has 0 aliphatic heterocycles. The van der Waals surface area contributed by atoms with Gasteiger partial charge < -0.3 is 27.8 Å². The minimum Gasteiger partial charge on any atom is -0.493 e. The summed E-state index contributed by atoms with van der Waals surface area (Å²) >= 11 is 0. The third-order valence-electron chi connectivity index (χ3n) is 4.21. The Morgan fingerprint density at radius 3 is 1.33 bits per heavy atom. The van der Waals surface area contributed by atoms with Crippen LogP contribution in [0.4, 0.5) is 0 Å². The maximum absolute atomic E-state index is 6.37. The Kier molecular flexibility index (Phi) is 7.52. The molecule has 148 valence electrons. The highest BCUT2D eigenvalue weighted by atomic mass is 28.4. The van der Waals surface area contributed by atoms with E-state index >= 15 is 0 Å². The minimum absolute atomic E-state index is 0.465. The molecule has 2 rings (SSSR count). The summed E-state index contributed by atoms with van der Waals surface area (Å²) in [6.45, 7) is 4.82. The zero-order valence-corrected chi connectivity index (χ0v) is 17.8. The highest BCUT2D eigenvalue weighted by Gasteiger charge is 2.48. The highest BCUT2D eigenvalue weighted by Crippen LogP contribution is 2.32. The third-order valence-corrected chi connectivity index (χ3v) is 7.81. The first kappa shape index (κ1) is 21.1. The molecule has 0 saturated heterocycles. The molecule has 0 atom stereocenters. The van der Waals surface area contributed by atoms with Crippen LogP contribution < -0.4 is 29.3 Å².